The van der Waals surface area contributed by atoms with Crippen LogP contribution in [-0.4, -0.2) is 49.1 Å². The van der Waals surface area contributed by atoms with Crippen LogP contribution in [0.15, 0.2) is 15.8 Å². The summed E-state index contributed by atoms with van der Waals surface area (Å²) in [5, 5.41) is 20.3. The number of aromatic amines is 1. The summed E-state index contributed by atoms with van der Waals surface area (Å²) < 4.78 is 19.2. The second-order valence-corrected chi connectivity index (χ2v) is 5.39. The second-order valence-electron chi connectivity index (χ2n) is 5.39. The Morgan fingerprint density at radius 1 is 1.48 bits per heavy atom. The van der Waals surface area contributed by atoms with Gasteiger partial charge in [0.05, 0.1) is 6.20 Å². The summed E-state index contributed by atoms with van der Waals surface area (Å²) in [7, 11) is 0. The average Bonchev–Trinajstić information content (AvgIpc) is 2.81. The standard InChI is InChI=1S/C13H15FN2O7/c1-5(17)9(19)10-13(22,6(2)18)3-8(23-10)16-4-7(14)11(20)15-12(16)21/h4,8-10,19,22H,3H2,1-2H3,(H,15,20,21)/t8-,9?,10-,13-/m1/s1. The maximum atomic E-state index is 13.4. The Kier molecular flexibility index (Phi) is 4.33. The van der Waals surface area contributed by atoms with Crippen molar-refractivity contribution in [3.05, 3.63) is 32.9 Å². The van der Waals surface area contributed by atoms with Crippen LogP contribution >= 0.6 is 0 Å². The van der Waals surface area contributed by atoms with E-state index in [2.05, 4.69) is 0 Å². The zero-order valence-electron chi connectivity index (χ0n) is 12.3. The molecule has 126 valence electrons. The molecule has 1 unspecified atom stereocenters. The fourth-order valence-electron chi connectivity index (χ4n) is 2.44. The van der Waals surface area contributed by atoms with Gasteiger partial charge in [0.15, 0.2) is 17.2 Å². The molecule has 10 heteroatoms. The molecule has 2 rings (SSSR count). The number of Topliss-reactive ketones (excluding diaryl/α,β-unsaturated/α-hetero) is 2. The van der Waals surface area contributed by atoms with Crippen LogP contribution < -0.4 is 11.2 Å². The minimum absolute atomic E-state index is 0.497. The van der Waals surface area contributed by atoms with Crippen LogP contribution in [0.2, 0.25) is 0 Å². The molecule has 0 bridgehead atoms. The topological polar surface area (TPSA) is 139 Å². The van der Waals surface area contributed by atoms with Crippen molar-refractivity contribution in [1.29, 1.82) is 0 Å². The van der Waals surface area contributed by atoms with Crippen molar-refractivity contribution in [3.63, 3.8) is 0 Å². The van der Waals surface area contributed by atoms with Crippen molar-refractivity contribution in [1.82, 2.24) is 9.55 Å². The molecule has 0 saturated carbocycles. The molecule has 1 aliphatic heterocycles. The molecule has 1 aliphatic rings. The van der Waals surface area contributed by atoms with E-state index >= 15 is 0 Å². The van der Waals surface area contributed by atoms with Gasteiger partial charge in [0, 0.05) is 6.42 Å². The number of nitrogens with zero attached hydrogens (tertiary/aromatic N) is 1. The van der Waals surface area contributed by atoms with Gasteiger partial charge in [-0.05, 0) is 13.8 Å². The van der Waals surface area contributed by atoms with E-state index in [0.29, 0.717) is 10.8 Å². The van der Waals surface area contributed by atoms with E-state index in [1.54, 1.807) is 4.98 Å². The number of aliphatic hydroxyl groups is 2. The Balaban J connectivity index is 2.47. The maximum Gasteiger partial charge on any atom is 0.330 e. The lowest BCUT2D eigenvalue weighted by Gasteiger charge is -2.27. The predicted octanol–water partition coefficient (Wildman–Crippen LogP) is -1.77. The lowest BCUT2D eigenvalue weighted by atomic mass is 9.86. The van der Waals surface area contributed by atoms with Crippen LogP contribution in [0, 0.1) is 5.82 Å². The first-order valence-corrected chi connectivity index (χ1v) is 6.66. The molecule has 0 radical (unpaired) electrons. The molecule has 0 aliphatic carbocycles. The minimum Gasteiger partial charge on any atom is -0.382 e. The van der Waals surface area contributed by atoms with Crippen molar-refractivity contribution >= 4 is 11.6 Å². The highest BCUT2D eigenvalue weighted by Gasteiger charge is 2.55. The summed E-state index contributed by atoms with van der Waals surface area (Å²) in [6, 6.07) is 0. The lowest BCUT2D eigenvalue weighted by Crippen LogP contribution is -2.52. The van der Waals surface area contributed by atoms with E-state index in [4.69, 9.17) is 4.74 Å². The Bertz CT molecular complexity index is 770. The Hall–Kier alpha value is -2.17. The number of aromatic nitrogens is 2. The molecule has 0 spiro atoms. The minimum atomic E-state index is -2.23. The normalized spacial score (nSPS) is 28.6. The van der Waals surface area contributed by atoms with Gasteiger partial charge in [-0.25, -0.2) is 4.79 Å². The number of hydrogen-bond acceptors (Lipinski definition) is 7. The van der Waals surface area contributed by atoms with Crippen LogP contribution in [0.5, 0.6) is 0 Å². The highest BCUT2D eigenvalue weighted by molar-refractivity contribution is 5.88. The van der Waals surface area contributed by atoms with Gasteiger partial charge >= 0.3 is 5.69 Å². The number of halogens is 1. The van der Waals surface area contributed by atoms with Gasteiger partial charge in [0.1, 0.15) is 18.4 Å². The van der Waals surface area contributed by atoms with Crippen LogP contribution in [0.25, 0.3) is 0 Å². The number of H-pyrrole nitrogens is 1. The van der Waals surface area contributed by atoms with Gasteiger partial charge in [-0.2, -0.15) is 4.39 Å². The van der Waals surface area contributed by atoms with Gasteiger partial charge in [-0.3, -0.25) is 23.9 Å². The molecule has 9 nitrogen and oxygen atoms in total. The number of hydrogen-bond donors (Lipinski definition) is 3. The third-order valence-electron chi connectivity index (χ3n) is 3.81. The maximum absolute atomic E-state index is 13.4. The second kappa shape index (κ2) is 5.80. The molecule has 23 heavy (non-hydrogen) atoms. The molecular formula is C13H15FN2O7. The number of carbonyl (C=O) groups excluding carboxylic acids is 2. The summed E-state index contributed by atoms with van der Waals surface area (Å²) in [4.78, 5) is 47.5. The molecule has 0 amide bonds. The van der Waals surface area contributed by atoms with Crippen LogP contribution in [0.1, 0.15) is 26.5 Å². The number of ketones is 2. The Morgan fingerprint density at radius 2 is 2.09 bits per heavy atom. The van der Waals surface area contributed by atoms with E-state index in [-0.39, 0.29) is 0 Å². The van der Waals surface area contributed by atoms with Crippen molar-refractivity contribution in [2.75, 3.05) is 0 Å². The van der Waals surface area contributed by atoms with Crippen molar-refractivity contribution < 1.29 is 28.9 Å². The Morgan fingerprint density at radius 3 is 2.61 bits per heavy atom. The smallest absolute Gasteiger partial charge is 0.330 e. The van der Waals surface area contributed by atoms with Crippen molar-refractivity contribution in [2.24, 2.45) is 0 Å². The molecule has 4 atom stereocenters. The molecule has 1 saturated heterocycles. The summed E-state index contributed by atoms with van der Waals surface area (Å²) in [6.45, 7) is 2.07. The van der Waals surface area contributed by atoms with Crippen LogP contribution in [0.4, 0.5) is 4.39 Å². The molecule has 1 aromatic rings. The third-order valence-corrected chi connectivity index (χ3v) is 3.81. The summed E-state index contributed by atoms with van der Waals surface area (Å²) in [6.07, 6.45) is -4.71. The average molecular weight is 330 g/mol. The summed E-state index contributed by atoms with van der Waals surface area (Å²) in [5.41, 5.74) is -4.49. The van der Waals surface area contributed by atoms with Gasteiger partial charge in [-0.15, -0.1) is 0 Å². The van der Waals surface area contributed by atoms with Gasteiger partial charge < -0.3 is 14.9 Å². The number of carbonyl (C=O) groups is 2. The summed E-state index contributed by atoms with van der Waals surface area (Å²) >= 11 is 0. The van der Waals surface area contributed by atoms with E-state index < -0.39 is 59.1 Å². The molecule has 2 heterocycles. The Labute approximate surface area is 128 Å². The summed E-state index contributed by atoms with van der Waals surface area (Å²) in [5.74, 6) is -2.81. The number of nitrogens with one attached hydrogen (secondary N) is 1. The van der Waals surface area contributed by atoms with Gasteiger partial charge in [-0.1, -0.05) is 0 Å². The first-order valence-electron chi connectivity index (χ1n) is 6.66. The molecule has 1 aromatic heterocycles. The van der Waals surface area contributed by atoms with E-state index in [9.17, 15) is 33.8 Å². The molecule has 1 fully saturated rings. The SMILES string of the molecule is CC(=O)C(O)[C@H]1O[C@@H](n2cc(F)c(=O)[nH]c2=O)C[C@@]1(O)C(C)=O. The molecule has 0 aromatic carbocycles. The lowest BCUT2D eigenvalue weighted by molar-refractivity contribution is -0.158. The van der Waals surface area contributed by atoms with E-state index in [0.717, 1.165) is 13.8 Å². The highest BCUT2D eigenvalue weighted by Crippen LogP contribution is 2.38. The number of rotatable bonds is 4. The third kappa shape index (κ3) is 2.87. The van der Waals surface area contributed by atoms with E-state index in [1.807, 2.05) is 0 Å². The first kappa shape index (κ1) is 17.2. The van der Waals surface area contributed by atoms with Crippen LogP contribution in [-0.2, 0) is 14.3 Å². The quantitative estimate of drug-likeness (QED) is 0.594. The first-order chi connectivity index (χ1) is 10.6. The molecular weight excluding hydrogens is 315 g/mol. The van der Waals surface area contributed by atoms with Crippen molar-refractivity contribution in [2.45, 2.75) is 44.3 Å². The van der Waals surface area contributed by atoms with Crippen molar-refractivity contribution in [3.8, 4) is 0 Å². The van der Waals surface area contributed by atoms with E-state index in [1.165, 1.54) is 0 Å². The fraction of sp³-hybridized carbons (Fsp3) is 0.538. The van der Waals surface area contributed by atoms with Gasteiger partial charge in [0.2, 0.25) is 5.82 Å². The largest absolute Gasteiger partial charge is 0.382 e. The number of aliphatic hydroxyl groups excluding tert-OH is 1. The fourth-order valence-corrected chi connectivity index (χ4v) is 2.44. The monoisotopic (exact) mass is 330 g/mol. The van der Waals surface area contributed by atoms with Gasteiger partial charge in [0.25, 0.3) is 5.56 Å². The zero-order valence-corrected chi connectivity index (χ0v) is 12.3. The predicted molar refractivity (Wildman–Crippen MR) is 72.1 cm³/mol. The number of ether oxygens (including phenoxy) is 1. The highest BCUT2D eigenvalue weighted by atomic mass is 19.1. The zero-order chi connectivity index (χ0) is 17.5. The van der Waals surface area contributed by atoms with Crippen LogP contribution in [0.3, 0.4) is 0 Å². The molecule has 3 N–H and O–H groups in total.